The number of nitrogens with one attached hydrogen (secondary N) is 5. The van der Waals surface area contributed by atoms with Gasteiger partial charge >= 0.3 is 0 Å². The molecule has 1 aromatic carbocycles. The SMILES string of the molecule is COC1(C(=O)N[C@@H](C)c2ccc(-n3cc(F)cn3)nc2)CCN(c2nc(CCCCC(=O)NCCCCN3CCN(c4ccc5c(c4)C(=O)N(C4CCC(=O)NC4=O)C5)CC3)cc(Nc3cc(C)[nH]n3)n2)CC1. The summed E-state index contributed by atoms with van der Waals surface area (Å²) < 4.78 is 20.8. The number of carbonyl (C=O) groups is 5. The van der Waals surface area contributed by atoms with E-state index in [1.165, 1.54) is 10.9 Å². The quantitative estimate of drug-likeness (QED) is 0.0547. The Morgan fingerprint density at radius 1 is 0.932 bits per heavy atom. The van der Waals surface area contributed by atoms with Gasteiger partial charge in [-0.25, -0.2) is 19.0 Å². The van der Waals surface area contributed by atoms with Crippen molar-refractivity contribution >= 4 is 52.8 Å². The van der Waals surface area contributed by atoms with Crippen LogP contribution in [0.25, 0.3) is 5.82 Å². The number of aromatic nitrogens is 7. The standard InChI is InChI=1S/C51H64FN15O6/c1-33-26-43(62-61-33)58-42-27-38(57-50(59-42)65-20-16-51(73-3,17-21-65)49(72)56-34(2)35-11-14-44(54-29-35)67-32-37(52)30-55-67)8-4-5-9-45(68)53-18-6-7-19-63-22-24-64(25-23-63)39-12-10-36-31-66(48(71)40(36)28-39)41-13-15-46(69)60-47(41)70/h10-12,14,26-30,32,34,41H,4-9,13,15-25,31H2,1-3H3,(H,53,68)(H,56,72)(H,60,69,70)(H2,57,58,59,61,62)/t34-,41?/m0/s1. The van der Waals surface area contributed by atoms with Crippen molar-refractivity contribution in [2.45, 2.75) is 102 Å². The second-order valence-electron chi connectivity index (χ2n) is 19.4. The average Bonchev–Trinajstić information content (AvgIpc) is 4.12. The van der Waals surface area contributed by atoms with Crippen LogP contribution in [-0.4, -0.2) is 145 Å². The lowest BCUT2D eigenvalue weighted by molar-refractivity contribution is -0.146. The number of fused-ring (bicyclic) bond motifs is 1. The average molecular weight is 1000 g/mol. The van der Waals surface area contributed by atoms with E-state index in [1.54, 1.807) is 24.3 Å². The van der Waals surface area contributed by atoms with Crippen LogP contribution >= 0.6 is 0 Å². The topological polar surface area (TPSA) is 241 Å². The smallest absolute Gasteiger partial charge is 0.255 e. The first-order chi connectivity index (χ1) is 35.3. The summed E-state index contributed by atoms with van der Waals surface area (Å²) in [6.07, 6.45) is 9.76. The number of hydrogen-bond donors (Lipinski definition) is 5. The lowest BCUT2D eigenvalue weighted by Gasteiger charge is -2.40. The van der Waals surface area contributed by atoms with E-state index in [-0.39, 0.29) is 36.1 Å². The Labute approximate surface area is 423 Å². The number of unbranched alkanes of at least 4 members (excludes halogenated alkanes) is 2. The highest BCUT2D eigenvalue weighted by Crippen LogP contribution is 2.33. The van der Waals surface area contributed by atoms with Crippen molar-refractivity contribution < 1.29 is 33.1 Å². The first-order valence-electron chi connectivity index (χ1n) is 25.3. The molecule has 0 saturated carbocycles. The number of halogens is 1. The summed E-state index contributed by atoms with van der Waals surface area (Å²) >= 11 is 0. The Hall–Kier alpha value is -7.33. The fraction of sp³-hybridized carbons (Fsp3) is 0.490. The Kier molecular flexibility index (Phi) is 15.7. The second kappa shape index (κ2) is 22.6. The van der Waals surface area contributed by atoms with Crippen molar-refractivity contribution in [3.05, 3.63) is 95.0 Å². The van der Waals surface area contributed by atoms with Crippen molar-refractivity contribution in [1.29, 1.82) is 0 Å². The number of aromatic amines is 1. The number of methoxy groups -OCH3 is 1. The van der Waals surface area contributed by atoms with Gasteiger partial charge in [0, 0.05) is 126 Å². The zero-order valence-electron chi connectivity index (χ0n) is 41.7. The summed E-state index contributed by atoms with van der Waals surface area (Å²) in [4.78, 5) is 86.7. The molecule has 21 nitrogen and oxygen atoms in total. The van der Waals surface area contributed by atoms with E-state index >= 15 is 0 Å². The maximum atomic E-state index is 13.8. The minimum Gasteiger partial charge on any atom is -0.369 e. The number of aryl methyl sites for hydroxylation is 2. The Morgan fingerprint density at radius 3 is 2.47 bits per heavy atom. The van der Waals surface area contributed by atoms with Crippen LogP contribution in [0, 0.1) is 12.7 Å². The highest BCUT2D eigenvalue weighted by molar-refractivity contribution is 6.05. The molecule has 4 aromatic heterocycles. The number of imide groups is 1. The van der Waals surface area contributed by atoms with Crippen molar-refractivity contribution in [3.63, 3.8) is 0 Å². The molecule has 0 radical (unpaired) electrons. The van der Waals surface area contributed by atoms with E-state index in [2.05, 4.69) is 62.3 Å². The van der Waals surface area contributed by atoms with Crippen molar-refractivity contribution in [2.24, 2.45) is 0 Å². The molecular formula is C51H64FN15O6. The molecule has 0 spiro atoms. The van der Waals surface area contributed by atoms with Crippen LogP contribution in [-0.2, 0) is 36.9 Å². The number of rotatable bonds is 20. The van der Waals surface area contributed by atoms with Crippen LogP contribution < -0.4 is 31.1 Å². The molecule has 3 fully saturated rings. The third kappa shape index (κ3) is 12.1. The van der Waals surface area contributed by atoms with Gasteiger partial charge in [0.2, 0.25) is 23.7 Å². The summed E-state index contributed by atoms with van der Waals surface area (Å²) in [5, 5.41) is 23.1. The molecule has 4 aliphatic rings. The van der Waals surface area contributed by atoms with Crippen LogP contribution in [0.4, 0.5) is 27.7 Å². The molecule has 5 N–H and O–H groups in total. The lowest BCUT2D eigenvalue weighted by atomic mass is 9.89. The highest BCUT2D eigenvalue weighted by Gasteiger charge is 2.43. The number of anilines is 4. The summed E-state index contributed by atoms with van der Waals surface area (Å²) in [6.45, 7) is 10.2. The Morgan fingerprint density at radius 2 is 1.75 bits per heavy atom. The minimum absolute atomic E-state index is 0.0347. The molecule has 0 bridgehead atoms. The zero-order valence-corrected chi connectivity index (χ0v) is 41.7. The van der Waals surface area contributed by atoms with E-state index in [9.17, 15) is 28.4 Å². The van der Waals surface area contributed by atoms with Crippen LogP contribution in [0.3, 0.4) is 0 Å². The first-order valence-corrected chi connectivity index (χ1v) is 25.3. The van der Waals surface area contributed by atoms with Gasteiger partial charge < -0.3 is 35.4 Å². The molecule has 5 amide bonds. The number of carbonyl (C=O) groups excluding carboxylic acids is 5. The summed E-state index contributed by atoms with van der Waals surface area (Å²) in [6, 6.07) is 12.3. The molecule has 4 aliphatic heterocycles. The number of pyridine rings is 1. The molecule has 8 heterocycles. The maximum Gasteiger partial charge on any atom is 0.255 e. The van der Waals surface area contributed by atoms with Gasteiger partial charge in [-0.2, -0.15) is 15.2 Å². The third-order valence-corrected chi connectivity index (χ3v) is 14.4. The van der Waals surface area contributed by atoms with E-state index in [1.807, 2.05) is 44.2 Å². The third-order valence-electron chi connectivity index (χ3n) is 14.4. The number of benzene rings is 1. The molecular weight excluding hydrogens is 938 g/mol. The molecule has 9 rings (SSSR count). The molecule has 3 saturated heterocycles. The first kappa shape index (κ1) is 50.6. The molecule has 5 aromatic rings. The number of ether oxygens (including phenoxy) is 1. The zero-order chi connectivity index (χ0) is 51.1. The number of piperidine rings is 2. The molecule has 386 valence electrons. The summed E-state index contributed by atoms with van der Waals surface area (Å²) in [5.41, 5.74) is 3.98. The Bertz CT molecular complexity index is 2780. The van der Waals surface area contributed by atoms with Gasteiger partial charge in [0.05, 0.1) is 18.4 Å². The largest absolute Gasteiger partial charge is 0.369 e. The number of amides is 5. The number of H-pyrrole nitrogens is 1. The van der Waals surface area contributed by atoms with Crippen molar-refractivity contribution in [3.8, 4) is 5.82 Å². The molecule has 1 unspecified atom stereocenters. The van der Waals surface area contributed by atoms with Gasteiger partial charge in [-0.15, -0.1) is 0 Å². The summed E-state index contributed by atoms with van der Waals surface area (Å²) in [7, 11) is 1.56. The number of piperazine rings is 1. The second-order valence-corrected chi connectivity index (χ2v) is 19.4. The predicted octanol–water partition coefficient (Wildman–Crippen LogP) is 4.03. The maximum absolute atomic E-state index is 13.8. The monoisotopic (exact) mass is 1000 g/mol. The Balaban J connectivity index is 0.692. The number of nitrogens with zero attached hydrogens (tertiary/aromatic N) is 10. The van der Waals surface area contributed by atoms with Crippen LogP contribution in [0.15, 0.2) is 61.1 Å². The van der Waals surface area contributed by atoms with Gasteiger partial charge in [0.15, 0.2) is 17.5 Å². The van der Waals surface area contributed by atoms with Crippen LogP contribution in [0.1, 0.15) is 104 Å². The summed E-state index contributed by atoms with van der Waals surface area (Å²) in [5.74, 6) is 0.716. The van der Waals surface area contributed by atoms with Gasteiger partial charge in [0.1, 0.15) is 17.5 Å². The van der Waals surface area contributed by atoms with E-state index in [0.717, 1.165) is 86.4 Å². The van der Waals surface area contributed by atoms with E-state index in [4.69, 9.17) is 14.7 Å². The van der Waals surface area contributed by atoms with Gasteiger partial charge in [0.25, 0.3) is 11.8 Å². The highest BCUT2D eigenvalue weighted by atomic mass is 19.1. The lowest BCUT2D eigenvalue weighted by Crippen LogP contribution is -2.55. The molecule has 0 aliphatic carbocycles. The molecule has 22 heteroatoms. The molecule has 2 atom stereocenters. The predicted molar refractivity (Wildman–Crippen MR) is 269 cm³/mol. The van der Waals surface area contributed by atoms with Crippen molar-refractivity contribution in [2.75, 3.05) is 74.6 Å². The van der Waals surface area contributed by atoms with Gasteiger partial charge in [-0.05, 0) is 88.2 Å². The fourth-order valence-electron chi connectivity index (χ4n) is 9.99. The minimum atomic E-state index is -1.06. The van der Waals surface area contributed by atoms with Crippen LogP contribution in [0.2, 0.25) is 0 Å². The number of hydrogen-bond acceptors (Lipinski definition) is 15. The van der Waals surface area contributed by atoms with E-state index < -0.39 is 23.4 Å². The van der Waals surface area contributed by atoms with Gasteiger partial charge in [-0.1, -0.05) is 12.1 Å². The van der Waals surface area contributed by atoms with E-state index in [0.29, 0.717) is 93.7 Å². The van der Waals surface area contributed by atoms with Crippen LogP contribution in [0.5, 0.6) is 0 Å². The van der Waals surface area contributed by atoms with Gasteiger partial charge in [-0.3, -0.25) is 39.3 Å². The molecule has 73 heavy (non-hydrogen) atoms. The van der Waals surface area contributed by atoms with Crippen molar-refractivity contribution in [1.82, 2.24) is 60.7 Å². The normalized spacial score (nSPS) is 18.4. The fourth-order valence-corrected chi connectivity index (χ4v) is 9.99.